The number of aryl methyl sites for hydroxylation is 4. The van der Waals surface area contributed by atoms with E-state index < -0.39 is 0 Å². The number of allylic oxidation sites excluding steroid dienone is 5. The monoisotopic (exact) mass is 701 g/mol. The quantitative estimate of drug-likeness (QED) is 0.126. The van der Waals surface area contributed by atoms with Crippen molar-refractivity contribution in [3.8, 4) is 6.07 Å². The van der Waals surface area contributed by atoms with E-state index in [0.717, 1.165) is 91.0 Å². The van der Waals surface area contributed by atoms with Gasteiger partial charge >= 0.3 is 28.4 Å². The molecule has 256 valence electrons. The van der Waals surface area contributed by atoms with Crippen molar-refractivity contribution in [2.75, 3.05) is 14.2 Å². The van der Waals surface area contributed by atoms with Gasteiger partial charge in [-0.25, -0.2) is 9.97 Å². The fourth-order valence-corrected chi connectivity index (χ4v) is 6.65. The molecule has 5 rings (SSSR count). The normalized spacial score (nSPS) is 12.7. The van der Waals surface area contributed by atoms with Gasteiger partial charge in [-0.1, -0.05) is 54.3 Å². The third-order valence-corrected chi connectivity index (χ3v) is 9.46. The van der Waals surface area contributed by atoms with E-state index in [1.807, 2.05) is 26.0 Å². The van der Waals surface area contributed by atoms with Crippen molar-refractivity contribution in [3.05, 3.63) is 74.9 Å². The fourth-order valence-electron chi connectivity index (χ4n) is 6.65. The zero-order valence-corrected chi connectivity index (χ0v) is 30.3. The number of nitriles is 1. The van der Waals surface area contributed by atoms with Crippen LogP contribution < -0.4 is 9.97 Å². The van der Waals surface area contributed by atoms with Crippen LogP contribution in [0.25, 0.3) is 50.4 Å². The van der Waals surface area contributed by atoms with Gasteiger partial charge in [-0.15, -0.1) is 22.1 Å². The Bertz CT molecular complexity index is 2120. The molecule has 0 N–H and O–H groups in total. The number of hydrogen-bond acceptors (Lipinski definition) is 7. The van der Waals surface area contributed by atoms with Gasteiger partial charge in [0.05, 0.1) is 43.1 Å². The van der Waals surface area contributed by atoms with Crippen molar-refractivity contribution < 1.29 is 35.6 Å². The first-order chi connectivity index (χ1) is 23.1. The molecule has 0 aromatic carbocycles. The zero-order chi connectivity index (χ0) is 34.7. The smallest absolute Gasteiger partial charge is 0.657 e. The molecule has 3 aromatic heterocycles. The number of carbonyl (C=O) groups is 2. The molecule has 0 fully saturated rings. The molecule has 3 aromatic rings. The Morgan fingerprint density at radius 1 is 0.776 bits per heavy atom. The zero-order valence-electron chi connectivity index (χ0n) is 29.3. The summed E-state index contributed by atoms with van der Waals surface area (Å²) in [4.78, 5) is 45.3. The summed E-state index contributed by atoms with van der Waals surface area (Å²) in [5, 5.41) is 9.68. The number of rotatable bonds is 9. The van der Waals surface area contributed by atoms with Crippen LogP contribution in [0.3, 0.4) is 0 Å². The van der Waals surface area contributed by atoms with Gasteiger partial charge in [0.15, 0.2) is 0 Å². The minimum absolute atomic E-state index is 0. The number of esters is 2. The largest absolute Gasteiger partial charge is 2.00 e. The molecule has 10 heteroatoms. The molecule has 9 nitrogen and oxygen atoms in total. The summed E-state index contributed by atoms with van der Waals surface area (Å²) in [6.45, 7) is 12.4. The second-order valence-electron chi connectivity index (χ2n) is 12.0. The van der Waals surface area contributed by atoms with Crippen LogP contribution >= 0.6 is 0 Å². The number of methoxy groups -OCH3 is 2. The minimum atomic E-state index is -0.331. The Labute approximate surface area is 297 Å². The molecule has 49 heavy (non-hydrogen) atoms. The average molecular weight is 702 g/mol. The van der Waals surface area contributed by atoms with Gasteiger partial charge in [-0.3, -0.25) is 9.59 Å². The summed E-state index contributed by atoms with van der Waals surface area (Å²) in [5.41, 5.74) is 14.7. The molecule has 2 aliphatic heterocycles. The van der Waals surface area contributed by atoms with Gasteiger partial charge in [0.2, 0.25) is 0 Å². The standard InChI is InChI=1S/C39H41N5O4.Ni/c1-9-25-21(3)30-18-32-23(5)27(13-15-36(45)47-7)38(43-32)29(12-11-17-40)39-28(14-16-37(46)48-8)24(6)33(44-39)20-35-26(10-2)22(4)31(42-35)19-34(25)41-30;/h11-12,18-20H,9-10,13-16H2,1-8H3;/q-2;+2/b12-11+,30-18?,31-19?,32-18?,33-20?,34-19?,35-20?,38-29?,39-29?;. The molecule has 5 heterocycles. The molecule has 0 saturated heterocycles. The molecule has 8 bridgehead atoms. The van der Waals surface area contributed by atoms with Crippen molar-refractivity contribution in [2.24, 2.45) is 0 Å². The Kier molecular flexibility index (Phi) is 11.8. The van der Waals surface area contributed by atoms with E-state index in [1.54, 1.807) is 6.08 Å². The predicted octanol–water partition coefficient (Wildman–Crippen LogP) is 7.62. The number of carbonyl (C=O) groups excluding carboxylic acids is 2. The number of hydrogen-bond donors (Lipinski definition) is 0. The maximum absolute atomic E-state index is 12.4. The molecule has 0 aliphatic carbocycles. The third kappa shape index (κ3) is 7.18. The van der Waals surface area contributed by atoms with Crippen molar-refractivity contribution >= 4 is 62.4 Å². The van der Waals surface area contributed by atoms with Crippen molar-refractivity contribution in [3.63, 3.8) is 0 Å². The van der Waals surface area contributed by atoms with Crippen molar-refractivity contribution in [1.82, 2.24) is 19.9 Å². The summed E-state index contributed by atoms with van der Waals surface area (Å²) < 4.78 is 9.97. The summed E-state index contributed by atoms with van der Waals surface area (Å²) in [5.74, 6) is -0.662. The molecule has 0 radical (unpaired) electrons. The van der Waals surface area contributed by atoms with E-state index in [2.05, 4.69) is 39.8 Å². The van der Waals surface area contributed by atoms with Crippen LogP contribution in [-0.4, -0.2) is 36.1 Å². The summed E-state index contributed by atoms with van der Waals surface area (Å²) >= 11 is 0. The molecular formula is C39H41N5NiO4. The van der Waals surface area contributed by atoms with Gasteiger partial charge in [0.25, 0.3) is 0 Å². The second kappa shape index (κ2) is 15.7. The SMILES string of the molecule is CCC1=C(C)c2cc3[n-]c(cc4nc(c(/C=C/C#N)c5[n-]c(cc1n2)c(C)c5CCC(=O)OC)C(CCC(=O)OC)=C4C)c(C)c3CC.[Ni+2]. The molecule has 0 atom stereocenters. The van der Waals surface area contributed by atoms with Gasteiger partial charge < -0.3 is 19.4 Å². The topological polar surface area (TPSA) is 130 Å². The van der Waals surface area contributed by atoms with Gasteiger partial charge in [0, 0.05) is 18.9 Å². The van der Waals surface area contributed by atoms with Crippen LogP contribution in [0.1, 0.15) is 104 Å². The Morgan fingerprint density at radius 2 is 1.35 bits per heavy atom. The van der Waals surface area contributed by atoms with Gasteiger partial charge in [0.1, 0.15) is 0 Å². The van der Waals surface area contributed by atoms with Crippen LogP contribution in [0.4, 0.5) is 0 Å². The molecule has 0 unspecified atom stereocenters. The van der Waals surface area contributed by atoms with Crippen LogP contribution in [0.2, 0.25) is 0 Å². The maximum Gasteiger partial charge on any atom is 2.00 e. The van der Waals surface area contributed by atoms with E-state index in [9.17, 15) is 14.9 Å². The first kappa shape index (κ1) is 37.1. The van der Waals surface area contributed by atoms with Crippen LogP contribution in [0.5, 0.6) is 0 Å². The Hall–Kier alpha value is -4.74. The number of aromatic nitrogens is 4. The molecule has 0 saturated carbocycles. The molecule has 0 amide bonds. The predicted molar refractivity (Wildman–Crippen MR) is 189 cm³/mol. The van der Waals surface area contributed by atoms with Crippen molar-refractivity contribution in [2.45, 2.75) is 80.1 Å². The number of ether oxygens (including phenoxy) is 2. The number of nitrogens with zero attached hydrogens (tertiary/aromatic N) is 5. The molecule has 0 spiro atoms. The van der Waals surface area contributed by atoms with Crippen LogP contribution in [0, 0.1) is 25.2 Å². The van der Waals surface area contributed by atoms with E-state index in [0.29, 0.717) is 29.6 Å². The van der Waals surface area contributed by atoms with Gasteiger partial charge in [-0.2, -0.15) is 5.26 Å². The average Bonchev–Trinajstić information content (AvgIpc) is 3.75. The van der Waals surface area contributed by atoms with E-state index in [1.165, 1.54) is 20.3 Å². The third-order valence-electron chi connectivity index (χ3n) is 9.46. The van der Waals surface area contributed by atoms with Gasteiger partial charge in [-0.05, 0) is 87.3 Å². The van der Waals surface area contributed by atoms with Crippen LogP contribution in [-0.2, 0) is 48.4 Å². The van der Waals surface area contributed by atoms with E-state index in [-0.39, 0.29) is 41.3 Å². The molecular weight excluding hydrogens is 661 g/mol. The summed E-state index contributed by atoms with van der Waals surface area (Å²) in [6, 6.07) is 8.21. The fraction of sp³-hybridized carbons (Fsp3) is 0.359. The minimum Gasteiger partial charge on any atom is -0.657 e. The first-order valence-corrected chi connectivity index (χ1v) is 16.3. The van der Waals surface area contributed by atoms with E-state index >= 15 is 0 Å². The Balaban J connectivity index is 0.00000541. The summed E-state index contributed by atoms with van der Waals surface area (Å²) in [7, 11) is 2.75. The molecule has 2 aliphatic rings. The van der Waals surface area contributed by atoms with Crippen LogP contribution in [0.15, 0.2) is 24.3 Å². The van der Waals surface area contributed by atoms with E-state index in [4.69, 9.17) is 29.4 Å². The second-order valence-corrected chi connectivity index (χ2v) is 12.0. The van der Waals surface area contributed by atoms with Crippen molar-refractivity contribution in [1.29, 1.82) is 5.26 Å². The maximum atomic E-state index is 12.4. The summed E-state index contributed by atoms with van der Waals surface area (Å²) in [6.07, 6.45) is 5.79. The Morgan fingerprint density at radius 3 is 1.98 bits per heavy atom. The first-order valence-electron chi connectivity index (χ1n) is 16.3. The number of fused-ring (bicyclic) bond motifs is 8.